The van der Waals surface area contributed by atoms with Crippen molar-refractivity contribution < 1.29 is 4.74 Å². The normalized spacial score (nSPS) is 13.0. The van der Waals surface area contributed by atoms with E-state index >= 15 is 0 Å². The first-order chi connectivity index (χ1) is 7.74. The van der Waals surface area contributed by atoms with Crippen molar-refractivity contribution in [3.63, 3.8) is 0 Å². The number of ether oxygens (including phenoxy) is 1. The van der Waals surface area contributed by atoms with Gasteiger partial charge in [0.15, 0.2) is 0 Å². The predicted molar refractivity (Wildman–Crippen MR) is 73.3 cm³/mol. The van der Waals surface area contributed by atoms with E-state index < -0.39 is 0 Å². The van der Waals surface area contributed by atoms with Crippen LogP contribution in [0, 0.1) is 5.92 Å². The van der Waals surface area contributed by atoms with Gasteiger partial charge in [0.25, 0.3) is 0 Å². The molecule has 0 aromatic heterocycles. The third kappa shape index (κ3) is 5.04. The number of rotatable bonds is 7. The zero-order chi connectivity index (χ0) is 11.8. The zero-order valence-corrected chi connectivity index (χ0v) is 11.1. The summed E-state index contributed by atoms with van der Waals surface area (Å²) in [5, 5.41) is 0. The molecule has 0 radical (unpaired) electrons. The van der Waals surface area contributed by atoms with E-state index in [9.17, 15) is 0 Å². The predicted octanol–water partition coefficient (Wildman–Crippen LogP) is 3.76. The lowest BCUT2D eigenvalue weighted by Gasteiger charge is -2.15. The molecule has 0 heterocycles. The van der Waals surface area contributed by atoms with Gasteiger partial charge in [-0.05, 0) is 23.7 Å². The van der Waals surface area contributed by atoms with Gasteiger partial charge in [-0.15, -0.1) is 0 Å². The molecule has 1 aromatic rings. The molecule has 1 unspecified atom stereocenters. The van der Waals surface area contributed by atoms with Crippen LogP contribution >= 0.6 is 12.6 Å². The summed E-state index contributed by atoms with van der Waals surface area (Å²) < 4.78 is 5.70. The van der Waals surface area contributed by atoms with Crippen LogP contribution in [0.15, 0.2) is 30.3 Å². The van der Waals surface area contributed by atoms with Crippen molar-refractivity contribution in [2.75, 3.05) is 19.0 Å². The first-order valence-corrected chi connectivity index (χ1v) is 6.60. The summed E-state index contributed by atoms with van der Waals surface area (Å²) in [5.74, 6) is 1.97. The van der Waals surface area contributed by atoms with E-state index in [1.807, 2.05) is 6.07 Å². The molecule has 0 amide bonds. The number of hydrogen-bond acceptors (Lipinski definition) is 2. The third-order valence-electron chi connectivity index (χ3n) is 2.65. The molecule has 0 aliphatic carbocycles. The SMILES string of the molecule is CC(C)CCOCC(CS)c1ccccc1. The summed E-state index contributed by atoms with van der Waals surface area (Å²) in [6.45, 7) is 6.07. The number of thiol groups is 1. The van der Waals surface area contributed by atoms with Crippen LogP contribution in [0.5, 0.6) is 0 Å². The molecule has 0 aliphatic rings. The molecule has 0 spiro atoms. The third-order valence-corrected chi connectivity index (χ3v) is 3.09. The average Bonchev–Trinajstić information content (AvgIpc) is 2.30. The Balaban J connectivity index is 2.33. The van der Waals surface area contributed by atoms with Crippen LogP contribution in [0.4, 0.5) is 0 Å². The van der Waals surface area contributed by atoms with Gasteiger partial charge < -0.3 is 4.74 Å². The van der Waals surface area contributed by atoms with Crippen LogP contribution < -0.4 is 0 Å². The van der Waals surface area contributed by atoms with Gasteiger partial charge in [0, 0.05) is 12.5 Å². The Bertz CT molecular complexity index is 271. The molecule has 1 aromatic carbocycles. The smallest absolute Gasteiger partial charge is 0.0542 e. The van der Waals surface area contributed by atoms with Crippen LogP contribution in [0.3, 0.4) is 0 Å². The van der Waals surface area contributed by atoms with E-state index in [4.69, 9.17) is 4.74 Å². The minimum Gasteiger partial charge on any atom is -0.381 e. The Hall–Kier alpha value is -0.470. The summed E-state index contributed by atoms with van der Waals surface area (Å²) >= 11 is 4.39. The fourth-order valence-corrected chi connectivity index (χ4v) is 1.84. The van der Waals surface area contributed by atoms with Gasteiger partial charge in [-0.1, -0.05) is 44.2 Å². The largest absolute Gasteiger partial charge is 0.381 e. The minimum absolute atomic E-state index is 0.414. The van der Waals surface area contributed by atoms with Crippen molar-refractivity contribution in [1.82, 2.24) is 0 Å². The van der Waals surface area contributed by atoms with Gasteiger partial charge in [0.05, 0.1) is 6.61 Å². The zero-order valence-electron chi connectivity index (χ0n) is 10.2. The van der Waals surface area contributed by atoms with Crippen LogP contribution in [0.2, 0.25) is 0 Å². The van der Waals surface area contributed by atoms with Crippen molar-refractivity contribution >= 4 is 12.6 Å². The molecule has 90 valence electrons. The van der Waals surface area contributed by atoms with Gasteiger partial charge in [0.1, 0.15) is 0 Å². The highest BCUT2D eigenvalue weighted by atomic mass is 32.1. The lowest BCUT2D eigenvalue weighted by molar-refractivity contribution is 0.114. The Morgan fingerprint density at radius 2 is 1.88 bits per heavy atom. The maximum Gasteiger partial charge on any atom is 0.0542 e. The molecular weight excluding hydrogens is 216 g/mol. The highest BCUT2D eigenvalue weighted by Gasteiger charge is 2.09. The van der Waals surface area contributed by atoms with Crippen LogP contribution in [0.25, 0.3) is 0 Å². The Kier molecular flexibility index (Phi) is 6.58. The molecule has 1 nitrogen and oxygen atoms in total. The fraction of sp³-hybridized carbons (Fsp3) is 0.571. The highest BCUT2D eigenvalue weighted by molar-refractivity contribution is 7.80. The number of benzene rings is 1. The lowest BCUT2D eigenvalue weighted by Crippen LogP contribution is -2.11. The summed E-state index contributed by atoms with van der Waals surface area (Å²) in [6.07, 6.45) is 1.13. The van der Waals surface area contributed by atoms with E-state index in [0.717, 1.165) is 25.4 Å². The van der Waals surface area contributed by atoms with Crippen LogP contribution in [-0.4, -0.2) is 19.0 Å². The highest BCUT2D eigenvalue weighted by Crippen LogP contribution is 2.17. The summed E-state index contributed by atoms with van der Waals surface area (Å²) in [7, 11) is 0. The maximum atomic E-state index is 5.70. The van der Waals surface area contributed by atoms with E-state index in [-0.39, 0.29) is 0 Å². The molecule has 0 bridgehead atoms. The fourth-order valence-electron chi connectivity index (χ4n) is 1.52. The molecule has 0 N–H and O–H groups in total. The molecule has 0 aliphatic heterocycles. The minimum atomic E-state index is 0.414. The van der Waals surface area contributed by atoms with E-state index in [2.05, 4.69) is 50.7 Å². The first kappa shape index (κ1) is 13.6. The van der Waals surface area contributed by atoms with Crippen LogP contribution in [0.1, 0.15) is 31.7 Å². The molecule has 16 heavy (non-hydrogen) atoms. The maximum absolute atomic E-state index is 5.70. The summed E-state index contributed by atoms with van der Waals surface area (Å²) in [5.41, 5.74) is 1.32. The average molecular weight is 238 g/mol. The standard InChI is InChI=1S/C14H22OS/c1-12(2)8-9-15-10-14(11-16)13-6-4-3-5-7-13/h3-7,12,14,16H,8-11H2,1-2H3. The summed E-state index contributed by atoms with van der Waals surface area (Å²) in [6, 6.07) is 10.5. The van der Waals surface area contributed by atoms with Crippen molar-refractivity contribution in [3.05, 3.63) is 35.9 Å². The second kappa shape index (κ2) is 7.75. The van der Waals surface area contributed by atoms with Gasteiger partial charge >= 0.3 is 0 Å². The van der Waals surface area contributed by atoms with Crippen molar-refractivity contribution in [3.8, 4) is 0 Å². The second-order valence-electron chi connectivity index (χ2n) is 4.55. The molecule has 0 saturated heterocycles. The van der Waals surface area contributed by atoms with Gasteiger partial charge in [-0.25, -0.2) is 0 Å². The molecule has 0 fully saturated rings. The van der Waals surface area contributed by atoms with E-state index in [1.54, 1.807) is 0 Å². The Morgan fingerprint density at radius 1 is 1.19 bits per heavy atom. The number of hydrogen-bond donors (Lipinski definition) is 1. The molecular formula is C14H22OS. The quantitative estimate of drug-likeness (QED) is 0.562. The van der Waals surface area contributed by atoms with Crippen LogP contribution in [-0.2, 0) is 4.74 Å². The topological polar surface area (TPSA) is 9.23 Å². The molecule has 0 saturated carbocycles. The van der Waals surface area contributed by atoms with Gasteiger partial charge in [-0.3, -0.25) is 0 Å². The summed E-state index contributed by atoms with van der Waals surface area (Å²) in [4.78, 5) is 0. The van der Waals surface area contributed by atoms with Gasteiger partial charge in [0.2, 0.25) is 0 Å². The van der Waals surface area contributed by atoms with Crippen molar-refractivity contribution in [2.24, 2.45) is 5.92 Å². The second-order valence-corrected chi connectivity index (χ2v) is 4.91. The molecule has 1 atom stereocenters. The van der Waals surface area contributed by atoms with E-state index in [1.165, 1.54) is 5.56 Å². The molecule has 2 heteroatoms. The Morgan fingerprint density at radius 3 is 2.44 bits per heavy atom. The monoisotopic (exact) mass is 238 g/mol. The Labute approximate surface area is 105 Å². The first-order valence-electron chi connectivity index (χ1n) is 5.97. The van der Waals surface area contributed by atoms with Crippen molar-refractivity contribution in [2.45, 2.75) is 26.2 Å². The lowest BCUT2D eigenvalue weighted by atomic mass is 10.0. The van der Waals surface area contributed by atoms with E-state index in [0.29, 0.717) is 11.8 Å². The van der Waals surface area contributed by atoms with Gasteiger partial charge in [-0.2, -0.15) is 12.6 Å². The molecule has 1 rings (SSSR count). The van der Waals surface area contributed by atoms with Crippen molar-refractivity contribution in [1.29, 1.82) is 0 Å².